The number of methoxy groups -OCH3 is 1. The molecule has 3 aromatic carbocycles. The molecule has 6 nitrogen and oxygen atoms in total. The lowest BCUT2D eigenvalue weighted by Gasteiger charge is -2.42. The summed E-state index contributed by atoms with van der Waals surface area (Å²) >= 11 is 0. The maximum Gasteiger partial charge on any atom is 0.255 e. The summed E-state index contributed by atoms with van der Waals surface area (Å²) in [6, 6.07) is 20.5. The first-order chi connectivity index (χ1) is 19.5. The van der Waals surface area contributed by atoms with E-state index in [4.69, 9.17) is 4.74 Å². The van der Waals surface area contributed by atoms with Crippen LogP contribution in [0, 0.1) is 5.82 Å². The van der Waals surface area contributed by atoms with E-state index in [1.807, 2.05) is 42.5 Å². The molecular formula is C33H40FN3O3. The number of fused-ring (bicyclic) bond motifs is 1. The van der Waals surface area contributed by atoms with E-state index in [1.54, 1.807) is 30.2 Å². The van der Waals surface area contributed by atoms with E-state index in [0.29, 0.717) is 17.9 Å². The third-order valence-corrected chi connectivity index (χ3v) is 7.47. The van der Waals surface area contributed by atoms with Gasteiger partial charge in [0.15, 0.2) is 0 Å². The lowest BCUT2D eigenvalue weighted by atomic mass is 9.79. The molecule has 0 spiro atoms. The van der Waals surface area contributed by atoms with Crippen molar-refractivity contribution in [2.75, 3.05) is 33.3 Å². The number of carbonyl (C=O) groups is 2. The molecule has 7 heteroatoms. The van der Waals surface area contributed by atoms with Gasteiger partial charge in [-0.15, -0.1) is 0 Å². The smallest absolute Gasteiger partial charge is 0.255 e. The van der Waals surface area contributed by atoms with Gasteiger partial charge in [-0.2, -0.15) is 0 Å². The third-order valence-electron chi connectivity index (χ3n) is 7.47. The molecule has 0 radical (unpaired) electrons. The van der Waals surface area contributed by atoms with Crippen LogP contribution in [-0.4, -0.2) is 54.9 Å². The van der Waals surface area contributed by atoms with Gasteiger partial charge in [-0.05, 0) is 85.9 Å². The molecule has 3 aromatic rings. The number of benzene rings is 3. The van der Waals surface area contributed by atoms with Crippen LogP contribution in [0.4, 0.5) is 4.39 Å². The van der Waals surface area contributed by atoms with Crippen LogP contribution in [0.1, 0.15) is 72.1 Å². The molecule has 0 aliphatic carbocycles. The largest absolute Gasteiger partial charge is 0.497 e. The van der Waals surface area contributed by atoms with Gasteiger partial charge in [0, 0.05) is 18.7 Å². The maximum absolute atomic E-state index is 14.0. The fourth-order valence-electron chi connectivity index (χ4n) is 5.60. The predicted molar refractivity (Wildman–Crippen MR) is 156 cm³/mol. The fraction of sp³-hybridized carbons (Fsp3) is 0.394. The Morgan fingerprint density at radius 2 is 1.62 bits per heavy atom. The van der Waals surface area contributed by atoms with Crippen molar-refractivity contribution in [1.29, 1.82) is 0 Å². The Bertz CT molecular complexity index is 1260. The molecule has 1 N–H and O–H groups in total. The number of carbonyl (C=O) groups excluding carboxylic acids is 2. The van der Waals surface area contributed by atoms with Crippen molar-refractivity contribution in [3.63, 3.8) is 0 Å². The number of nitrogens with zero attached hydrogens (tertiary/aromatic N) is 2. The predicted octanol–water partition coefficient (Wildman–Crippen LogP) is 5.94. The summed E-state index contributed by atoms with van der Waals surface area (Å²) in [6.45, 7) is 8.21. The maximum atomic E-state index is 14.0. The molecule has 0 unspecified atom stereocenters. The van der Waals surface area contributed by atoms with Crippen LogP contribution in [0.3, 0.4) is 0 Å². The number of hydrogen-bond donors (Lipinski definition) is 1. The van der Waals surface area contributed by atoms with Gasteiger partial charge in [0.25, 0.3) is 5.91 Å². The van der Waals surface area contributed by atoms with Gasteiger partial charge in [-0.25, -0.2) is 4.39 Å². The Morgan fingerprint density at radius 1 is 0.950 bits per heavy atom. The molecule has 2 atom stereocenters. The first kappa shape index (κ1) is 29.3. The summed E-state index contributed by atoms with van der Waals surface area (Å²) in [4.78, 5) is 32.1. The molecule has 212 valence electrons. The van der Waals surface area contributed by atoms with Crippen LogP contribution in [-0.2, 0) is 11.3 Å². The quantitative estimate of drug-likeness (QED) is 0.270. The topological polar surface area (TPSA) is 61.9 Å². The van der Waals surface area contributed by atoms with Crippen LogP contribution in [0.25, 0.3) is 0 Å². The van der Waals surface area contributed by atoms with Gasteiger partial charge in [-0.1, -0.05) is 56.3 Å². The molecule has 0 saturated heterocycles. The van der Waals surface area contributed by atoms with Crippen LogP contribution < -0.4 is 10.1 Å². The summed E-state index contributed by atoms with van der Waals surface area (Å²) in [5.74, 6) is -0.507. The molecule has 1 aliphatic rings. The highest BCUT2D eigenvalue weighted by atomic mass is 19.1. The lowest BCUT2D eigenvalue weighted by Crippen LogP contribution is -2.47. The summed E-state index contributed by atoms with van der Waals surface area (Å²) in [5, 5.41) is 3.18. The van der Waals surface area contributed by atoms with Crippen LogP contribution in [0.5, 0.6) is 5.75 Å². The van der Waals surface area contributed by atoms with Crippen molar-refractivity contribution in [3.8, 4) is 5.75 Å². The number of rotatable bonds is 13. The molecule has 0 aromatic heterocycles. The van der Waals surface area contributed by atoms with Gasteiger partial charge in [0.05, 0.1) is 19.1 Å². The van der Waals surface area contributed by atoms with E-state index in [-0.39, 0.29) is 24.2 Å². The highest BCUT2D eigenvalue weighted by Crippen LogP contribution is 2.44. The zero-order valence-corrected chi connectivity index (χ0v) is 23.7. The summed E-state index contributed by atoms with van der Waals surface area (Å²) in [6.07, 6.45) is 3.06. The van der Waals surface area contributed by atoms with Crippen LogP contribution in [0.15, 0.2) is 72.8 Å². The van der Waals surface area contributed by atoms with Crippen molar-refractivity contribution in [2.24, 2.45) is 0 Å². The minimum atomic E-state index is -0.606. The SMILES string of the molecule is CCCN(CCC)CCCNC(=O)[C@H]1c2ccccc2C(=O)N(Cc2ccc(F)cc2)[C@@H]1c1ccc(OC)cc1. The van der Waals surface area contributed by atoms with E-state index >= 15 is 0 Å². The summed E-state index contributed by atoms with van der Waals surface area (Å²) < 4.78 is 19.0. The molecule has 4 rings (SSSR count). The number of amides is 2. The zero-order valence-electron chi connectivity index (χ0n) is 23.7. The van der Waals surface area contributed by atoms with E-state index in [2.05, 4.69) is 24.1 Å². The van der Waals surface area contributed by atoms with E-state index < -0.39 is 12.0 Å². The number of ether oxygens (including phenoxy) is 1. The van der Waals surface area contributed by atoms with Crippen molar-refractivity contribution < 1.29 is 18.7 Å². The summed E-state index contributed by atoms with van der Waals surface area (Å²) in [7, 11) is 1.61. The normalized spacial score (nSPS) is 16.6. The highest BCUT2D eigenvalue weighted by Gasteiger charge is 2.44. The monoisotopic (exact) mass is 545 g/mol. The second kappa shape index (κ2) is 14.1. The number of halogens is 1. The van der Waals surface area contributed by atoms with Crippen LogP contribution >= 0.6 is 0 Å². The lowest BCUT2D eigenvalue weighted by molar-refractivity contribution is -0.124. The Kier molecular flexibility index (Phi) is 10.3. The Labute approximate surface area is 237 Å². The van der Waals surface area contributed by atoms with Crippen molar-refractivity contribution >= 4 is 11.8 Å². The first-order valence-corrected chi connectivity index (χ1v) is 14.2. The van der Waals surface area contributed by atoms with Gasteiger partial charge in [0.2, 0.25) is 5.91 Å². The Morgan fingerprint density at radius 3 is 2.27 bits per heavy atom. The molecular weight excluding hydrogens is 505 g/mol. The second-order valence-corrected chi connectivity index (χ2v) is 10.3. The van der Waals surface area contributed by atoms with Gasteiger partial charge in [0.1, 0.15) is 11.6 Å². The van der Waals surface area contributed by atoms with Crippen LogP contribution in [0.2, 0.25) is 0 Å². The Balaban J connectivity index is 1.66. The van der Waals surface area contributed by atoms with E-state index in [0.717, 1.165) is 55.6 Å². The fourth-order valence-corrected chi connectivity index (χ4v) is 5.60. The minimum Gasteiger partial charge on any atom is -0.497 e. The van der Waals surface area contributed by atoms with Gasteiger partial charge in [-0.3, -0.25) is 9.59 Å². The summed E-state index contributed by atoms with van der Waals surface area (Å²) in [5.41, 5.74) is 2.87. The molecule has 1 heterocycles. The molecule has 0 fully saturated rings. The third kappa shape index (κ3) is 6.89. The van der Waals surface area contributed by atoms with Crippen molar-refractivity contribution in [2.45, 2.75) is 51.6 Å². The zero-order chi connectivity index (χ0) is 28.5. The van der Waals surface area contributed by atoms with E-state index in [9.17, 15) is 14.0 Å². The second-order valence-electron chi connectivity index (χ2n) is 10.3. The molecule has 40 heavy (non-hydrogen) atoms. The first-order valence-electron chi connectivity index (χ1n) is 14.2. The van der Waals surface area contributed by atoms with E-state index in [1.165, 1.54) is 12.1 Å². The van der Waals surface area contributed by atoms with Crippen molar-refractivity contribution in [3.05, 3.63) is 101 Å². The standard InChI is InChI=1S/C33H40FN3O3/c1-4-20-36(21-5-2)22-8-19-35-32(38)30-28-9-6-7-10-29(28)33(39)37(23-24-11-15-26(34)16-12-24)31(30)25-13-17-27(40-3)18-14-25/h6-7,9-18,30-31H,4-5,8,19-23H2,1-3H3,(H,35,38)/t30-,31+/m0/s1. The highest BCUT2D eigenvalue weighted by molar-refractivity contribution is 6.01. The van der Waals surface area contributed by atoms with Crippen molar-refractivity contribution in [1.82, 2.24) is 15.1 Å². The minimum absolute atomic E-state index is 0.109. The van der Waals surface area contributed by atoms with Gasteiger partial charge >= 0.3 is 0 Å². The average Bonchev–Trinajstić information content (AvgIpc) is 2.97. The number of nitrogens with one attached hydrogen (secondary N) is 1. The molecule has 1 aliphatic heterocycles. The molecule has 0 bridgehead atoms. The number of hydrogen-bond acceptors (Lipinski definition) is 4. The van der Waals surface area contributed by atoms with Gasteiger partial charge < -0.3 is 19.9 Å². The molecule has 2 amide bonds. The average molecular weight is 546 g/mol. The Hall–Kier alpha value is -3.71. The molecule has 0 saturated carbocycles.